The summed E-state index contributed by atoms with van der Waals surface area (Å²) in [6.07, 6.45) is 3.90. The molecule has 1 N–H and O–H groups in total. The highest BCUT2D eigenvalue weighted by Crippen LogP contribution is 2.51. The van der Waals surface area contributed by atoms with E-state index in [1.165, 1.54) is 16.7 Å². The van der Waals surface area contributed by atoms with E-state index in [0.717, 1.165) is 26.3 Å². The van der Waals surface area contributed by atoms with Gasteiger partial charge in [0.15, 0.2) is 0 Å². The van der Waals surface area contributed by atoms with Gasteiger partial charge in [-0.1, -0.05) is 81.5 Å². The zero-order chi connectivity index (χ0) is 20.8. The van der Waals surface area contributed by atoms with Crippen LogP contribution >= 0.6 is 39.0 Å². The lowest BCUT2D eigenvalue weighted by atomic mass is 9.88. The summed E-state index contributed by atoms with van der Waals surface area (Å²) in [6, 6.07) is 16.9. The molecule has 1 fully saturated rings. The van der Waals surface area contributed by atoms with Gasteiger partial charge < -0.3 is 4.98 Å². The number of aromatic amines is 1. The first kappa shape index (κ1) is 19.5. The number of benzene rings is 2. The molecule has 2 aromatic carbocycles. The molecule has 5 rings (SSSR count). The maximum absolute atomic E-state index is 13.4. The number of hydrogen-bond acceptors (Lipinski definition) is 5. The van der Waals surface area contributed by atoms with Crippen molar-refractivity contribution < 1.29 is 9.59 Å². The van der Waals surface area contributed by atoms with Crippen LogP contribution in [0.3, 0.4) is 0 Å². The zero-order valence-corrected chi connectivity index (χ0v) is 18.7. The first-order chi connectivity index (χ1) is 14.5. The fraction of sp³-hybridized carbons (Fsp3) is 0.136. The van der Waals surface area contributed by atoms with Gasteiger partial charge in [-0.3, -0.25) is 14.4 Å². The number of nitrogens with zero attached hydrogens (tertiary/aromatic N) is 1. The number of fused-ring (bicyclic) bond motifs is 2. The Balaban J connectivity index is 1.57. The molecule has 0 bridgehead atoms. The van der Waals surface area contributed by atoms with Crippen molar-refractivity contribution in [2.45, 2.75) is 16.2 Å². The molecule has 30 heavy (non-hydrogen) atoms. The van der Waals surface area contributed by atoms with Gasteiger partial charge in [0.05, 0.1) is 16.6 Å². The van der Waals surface area contributed by atoms with Crippen LogP contribution < -0.4 is 9.77 Å². The lowest BCUT2D eigenvalue weighted by Gasteiger charge is -2.27. The van der Waals surface area contributed by atoms with E-state index >= 15 is 0 Å². The average Bonchev–Trinajstić information content (AvgIpc) is 3.24. The number of amides is 2. The Kier molecular flexibility index (Phi) is 5.00. The van der Waals surface area contributed by atoms with E-state index in [1.54, 1.807) is 12.1 Å². The summed E-state index contributed by atoms with van der Waals surface area (Å²) in [5, 5.41) is 0.122. The zero-order valence-electron chi connectivity index (χ0n) is 15.4. The third kappa shape index (κ3) is 3.29. The van der Waals surface area contributed by atoms with E-state index in [0.29, 0.717) is 10.7 Å². The highest BCUT2D eigenvalue weighted by atomic mass is 79.9. The number of carbonyl (C=O) groups is 2. The Morgan fingerprint density at radius 2 is 1.70 bits per heavy atom. The smallest absolute Gasteiger partial charge is 0.305 e. The first-order valence-electron chi connectivity index (χ1n) is 9.29. The second kappa shape index (κ2) is 7.68. The van der Waals surface area contributed by atoms with Gasteiger partial charge in [-0.15, -0.1) is 0 Å². The Morgan fingerprint density at radius 1 is 0.967 bits per heavy atom. The minimum Gasteiger partial charge on any atom is -0.307 e. The number of nitrogens with one attached hydrogen (secondary N) is 1. The van der Waals surface area contributed by atoms with Crippen molar-refractivity contribution in [3.8, 4) is 0 Å². The summed E-state index contributed by atoms with van der Waals surface area (Å²) < 4.78 is 0.876. The summed E-state index contributed by atoms with van der Waals surface area (Å²) in [5.41, 5.74) is 1.56. The molecule has 5 nitrogen and oxygen atoms in total. The Labute approximate surface area is 188 Å². The number of carbonyl (C=O) groups excluding carboxylic acids is 2. The summed E-state index contributed by atoms with van der Waals surface area (Å²) in [7, 11) is 0. The number of halogens is 1. The standard InChI is InChI=1S/C22H15BrN2O3S2/c23-13-7-9-14(10-8-13)25-20(26)16-15(11-6-12-4-2-1-3-5-12)17-19(24-22(28)30-17)29-18(16)21(25)27/h1-11,15-16,18H,(H,24,28)/b11-6+/t15-,16-,18+/m0/s1. The van der Waals surface area contributed by atoms with Crippen LogP contribution in [0.2, 0.25) is 0 Å². The van der Waals surface area contributed by atoms with Gasteiger partial charge in [-0.2, -0.15) is 0 Å². The molecule has 1 saturated heterocycles. The van der Waals surface area contributed by atoms with Crippen LogP contribution in [0.15, 0.2) is 75.0 Å². The van der Waals surface area contributed by atoms with E-state index in [4.69, 9.17) is 0 Å². The van der Waals surface area contributed by atoms with Gasteiger partial charge in [0.2, 0.25) is 11.8 Å². The topological polar surface area (TPSA) is 70.2 Å². The van der Waals surface area contributed by atoms with Crippen LogP contribution in [-0.2, 0) is 9.59 Å². The largest absolute Gasteiger partial charge is 0.307 e. The number of imide groups is 1. The molecule has 0 saturated carbocycles. The highest BCUT2D eigenvalue weighted by Gasteiger charge is 2.55. The van der Waals surface area contributed by atoms with Crippen molar-refractivity contribution in [1.29, 1.82) is 0 Å². The normalized spacial score (nSPS) is 23.1. The number of aromatic nitrogens is 1. The van der Waals surface area contributed by atoms with Gasteiger partial charge >= 0.3 is 4.87 Å². The third-order valence-electron chi connectivity index (χ3n) is 5.25. The fourth-order valence-electron chi connectivity index (χ4n) is 3.89. The van der Waals surface area contributed by atoms with Crippen molar-refractivity contribution in [2.75, 3.05) is 4.90 Å². The molecule has 1 aromatic heterocycles. The van der Waals surface area contributed by atoms with E-state index in [-0.39, 0.29) is 22.6 Å². The maximum Gasteiger partial charge on any atom is 0.305 e. The van der Waals surface area contributed by atoms with Crippen molar-refractivity contribution in [3.63, 3.8) is 0 Å². The predicted octanol–water partition coefficient (Wildman–Crippen LogP) is 4.66. The molecule has 0 spiro atoms. The van der Waals surface area contributed by atoms with Gasteiger partial charge in [0.1, 0.15) is 5.25 Å². The van der Waals surface area contributed by atoms with Crippen LogP contribution in [0.1, 0.15) is 16.4 Å². The predicted molar refractivity (Wildman–Crippen MR) is 123 cm³/mol. The number of hydrogen-bond donors (Lipinski definition) is 1. The average molecular weight is 499 g/mol. The van der Waals surface area contributed by atoms with Gasteiger partial charge in [-0.05, 0) is 29.8 Å². The molecule has 8 heteroatoms. The summed E-state index contributed by atoms with van der Waals surface area (Å²) in [5.74, 6) is -1.36. The second-order valence-corrected chi connectivity index (χ2v) is 10.1. The lowest BCUT2D eigenvalue weighted by molar-refractivity contribution is -0.122. The summed E-state index contributed by atoms with van der Waals surface area (Å²) in [4.78, 5) is 43.5. The number of thioether (sulfide) groups is 1. The number of thiazole rings is 1. The molecule has 2 aliphatic heterocycles. The highest BCUT2D eigenvalue weighted by molar-refractivity contribution is 9.10. The molecule has 3 atom stereocenters. The minimum absolute atomic E-state index is 0.171. The molecular weight excluding hydrogens is 484 g/mol. The van der Waals surface area contributed by atoms with Crippen molar-refractivity contribution in [2.24, 2.45) is 5.92 Å². The minimum atomic E-state index is -0.565. The van der Waals surface area contributed by atoms with Crippen LogP contribution in [0.5, 0.6) is 0 Å². The second-order valence-electron chi connectivity index (χ2n) is 7.06. The molecule has 150 valence electrons. The monoisotopic (exact) mass is 498 g/mol. The molecule has 0 unspecified atom stereocenters. The molecular formula is C22H15BrN2O3S2. The van der Waals surface area contributed by atoms with Gasteiger partial charge in [0.25, 0.3) is 0 Å². The quantitative estimate of drug-likeness (QED) is 0.533. The summed E-state index contributed by atoms with van der Waals surface area (Å²) in [6.45, 7) is 0. The lowest BCUT2D eigenvalue weighted by Crippen LogP contribution is -2.31. The molecule has 0 aliphatic carbocycles. The van der Waals surface area contributed by atoms with Crippen LogP contribution in [0.4, 0.5) is 5.69 Å². The number of H-pyrrole nitrogens is 1. The molecule has 3 aromatic rings. The third-order valence-corrected chi connectivity index (χ3v) is 8.20. The van der Waals surface area contributed by atoms with Gasteiger partial charge in [0, 0.05) is 15.3 Å². The molecule has 2 aliphatic rings. The SMILES string of the molecule is O=C1[C@H]2[C@H](/C=C/c3ccccc3)c3sc(=O)[nH]c3S[C@H]2C(=O)N1c1ccc(Br)cc1. The Morgan fingerprint density at radius 3 is 2.43 bits per heavy atom. The Bertz CT molecular complexity index is 1220. The number of anilines is 1. The number of allylic oxidation sites excluding steroid dienone is 1. The van der Waals surface area contributed by atoms with E-state index in [2.05, 4.69) is 20.9 Å². The summed E-state index contributed by atoms with van der Waals surface area (Å²) >= 11 is 5.78. The van der Waals surface area contributed by atoms with E-state index in [9.17, 15) is 14.4 Å². The molecule has 0 radical (unpaired) electrons. The first-order valence-corrected chi connectivity index (χ1v) is 11.8. The van der Waals surface area contributed by atoms with Crippen LogP contribution in [-0.4, -0.2) is 22.0 Å². The van der Waals surface area contributed by atoms with Gasteiger partial charge in [-0.25, -0.2) is 4.90 Å². The van der Waals surface area contributed by atoms with Crippen molar-refractivity contribution in [1.82, 2.24) is 4.98 Å². The van der Waals surface area contributed by atoms with Crippen LogP contribution in [0, 0.1) is 5.92 Å². The Hall–Kier alpha value is -2.42. The van der Waals surface area contributed by atoms with Crippen LogP contribution in [0.25, 0.3) is 6.08 Å². The number of rotatable bonds is 3. The van der Waals surface area contributed by atoms with E-state index < -0.39 is 11.2 Å². The molecule has 3 heterocycles. The fourth-order valence-corrected chi connectivity index (χ4v) is 6.64. The van der Waals surface area contributed by atoms with Crippen molar-refractivity contribution >= 4 is 62.6 Å². The van der Waals surface area contributed by atoms with E-state index in [1.807, 2.05) is 54.6 Å². The molecule has 2 amide bonds. The van der Waals surface area contributed by atoms with Crippen molar-refractivity contribution in [3.05, 3.63) is 85.3 Å². The maximum atomic E-state index is 13.4.